The molecule has 0 aliphatic rings. The van der Waals surface area contributed by atoms with Crippen LogP contribution in [0, 0.1) is 0 Å². The Labute approximate surface area is 138 Å². The first-order chi connectivity index (χ1) is 11.5. The summed E-state index contributed by atoms with van der Waals surface area (Å²) in [7, 11) is 1.30. The molecule has 0 amide bonds. The zero-order chi connectivity index (χ0) is 17.6. The van der Waals surface area contributed by atoms with Crippen molar-refractivity contribution in [3.05, 3.63) is 48.4 Å². The topological polar surface area (TPSA) is 103 Å². The molecule has 0 fully saturated rings. The average Bonchev–Trinajstić information content (AvgIpc) is 3.12. The summed E-state index contributed by atoms with van der Waals surface area (Å²) in [6, 6.07) is 6.55. The highest BCUT2D eigenvalue weighted by Gasteiger charge is 2.32. The first kappa shape index (κ1) is 17.6. The van der Waals surface area contributed by atoms with Crippen molar-refractivity contribution in [2.75, 3.05) is 7.11 Å². The highest BCUT2D eigenvalue weighted by Crippen LogP contribution is 2.29. The lowest BCUT2D eigenvalue weighted by Crippen LogP contribution is -2.23. The number of ether oxygens (including phenoxy) is 1. The van der Waals surface area contributed by atoms with E-state index in [9.17, 15) is 14.7 Å². The van der Waals surface area contributed by atoms with Gasteiger partial charge in [0.05, 0.1) is 12.7 Å². The van der Waals surface area contributed by atoms with Crippen LogP contribution in [0.15, 0.2) is 41.4 Å². The Hall–Kier alpha value is -2.80. The van der Waals surface area contributed by atoms with Crippen molar-refractivity contribution in [3.63, 3.8) is 0 Å². The lowest BCUT2D eigenvalue weighted by molar-refractivity contribution is -0.108. The molecule has 1 aromatic carbocycles. The predicted octanol–water partition coefficient (Wildman–Crippen LogP) is 2.27. The minimum atomic E-state index is -1.51. The molecule has 0 aliphatic heterocycles. The number of aliphatic hydroxyl groups is 1. The summed E-state index contributed by atoms with van der Waals surface area (Å²) in [4.78, 5) is 26.2. The maximum atomic E-state index is 11.6. The second-order valence-electron chi connectivity index (χ2n) is 5.18. The normalized spacial score (nSPS) is 13.1. The van der Waals surface area contributed by atoms with Gasteiger partial charge in [-0.2, -0.15) is 4.98 Å². The molecule has 1 aromatic heterocycles. The smallest absolute Gasteiger partial charge is 0.337 e. The monoisotopic (exact) mass is 330 g/mol. The van der Waals surface area contributed by atoms with Gasteiger partial charge in [0.25, 0.3) is 5.89 Å². The van der Waals surface area contributed by atoms with Crippen LogP contribution in [-0.2, 0) is 15.1 Å². The van der Waals surface area contributed by atoms with Gasteiger partial charge in [-0.05, 0) is 25.0 Å². The summed E-state index contributed by atoms with van der Waals surface area (Å²) >= 11 is 0. The highest BCUT2D eigenvalue weighted by molar-refractivity contribution is 5.90. The molecule has 1 unspecified atom stereocenters. The van der Waals surface area contributed by atoms with E-state index in [1.165, 1.54) is 13.2 Å². The van der Waals surface area contributed by atoms with Gasteiger partial charge in [0.15, 0.2) is 5.60 Å². The van der Waals surface area contributed by atoms with Crippen molar-refractivity contribution in [2.24, 2.45) is 0 Å². The molecule has 2 rings (SSSR count). The maximum absolute atomic E-state index is 11.6. The molecule has 126 valence electrons. The maximum Gasteiger partial charge on any atom is 0.337 e. The fraction of sp³-hybridized carbons (Fsp3) is 0.294. The summed E-state index contributed by atoms with van der Waals surface area (Å²) in [5, 5.41) is 14.4. The van der Waals surface area contributed by atoms with E-state index in [4.69, 9.17) is 4.52 Å². The van der Waals surface area contributed by atoms with E-state index >= 15 is 0 Å². The third kappa shape index (κ3) is 3.75. The number of rotatable bonds is 8. The van der Waals surface area contributed by atoms with Crippen LogP contribution in [0.3, 0.4) is 0 Å². The quantitative estimate of drug-likeness (QED) is 0.343. The molecule has 0 saturated carbocycles. The number of hydrogen-bond acceptors (Lipinski definition) is 7. The third-order valence-corrected chi connectivity index (χ3v) is 3.56. The van der Waals surface area contributed by atoms with Crippen LogP contribution in [0.5, 0.6) is 0 Å². The minimum Gasteiger partial charge on any atom is -0.465 e. The summed E-state index contributed by atoms with van der Waals surface area (Å²) in [6.45, 7) is 3.59. The molecular weight excluding hydrogens is 312 g/mol. The van der Waals surface area contributed by atoms with E-state index in [-0.39, 0.29) is 18.1 Å². The number of carbonyl (C=O) groups is 2. The van der Waals surface area contributed by atoms with Crippen molar-refractivity contribution in [1.82, 2.24) is 10.1 Å². The highest BCUT2D eigenvalue weighted by atomic mass is 16.5. The lowest BCUT2D eigenvalue weighted by Gasteiger charge is -2.18. The molecule has 0 radical (unpaired) electrons. The zero-order valence-electron chi connectivity index (χ0n) is 13.3. The first-order valence-electron chi connectivity index (χ1n) is 7.36. The molecule has 7 nitrogen and oxygen atoms in total. The standard InChI is InChI=1S/C17H18N2O5/c1-3-17(22,9-4-5-10-20)16-18-14(19-24-16)12-7-6-8-13(11-12)15(21)23-2/h3,6-8,10-11,22H,1,4-5,9H2,2H3. The van der Waals surface area contributed by atoms with Gasteiger partial charge in [0, 0.05) is 12.0 Å². The van der Waals surface area contributed by atoms with Gasteiger partial charge in [-0.25, -0.2) is 4.79 Å². The lowest BCUT2D eigenvalue weighted by atomic mass is 9.97. The second kappa shape index (κ2) is 7.65. The molecule has 1 N–H and O–H groups in total. The van der Waals surface area contributed by atoms with Crippen molar-refractivity contribution in [3.8, 4) is 11.4 Å². The van der Waals surface area contributed by atoms with Crippen molar-refractivity contribution in [1.29, 1.82) is 0 Å². The van der Waals surface area contributed by atoms with Crippen LogP contribution in [0.2, 0.25) is 0 Å². The summed E-state index contributed by atoms with van der Waals surface area (Å²) in [6.07, 6.45) is 3.10. The van der Waals surface area contributed by atoms with Crippen LogP contribution in [-0.4, -0.2) is 34.6 Å². The number of aromatic nitrogens is 2. The second-order valence-corrected chi connectivity index (χ2v) is 5.18. The van der Waals surface area contributed by atoms with E-state index in [2.05, 4.69) is 21.5 Å². The van der Waals surface area contributed by atoms with Crippen molar-refractivity contribution >= 4 is 12.3 Å². The van der Waals surface area contributed by atoms with Crippen LogP contribution in [0.25, 0.3) is 11.4 Å². The SMILES string of the molecule is C=CC(O)(CCCC=O)c1nc(-c2cccc(C(=O)OC)c2)no1. The summed E-state index contributed by atoms with van der Waals surface area (Å²) < 4.78 is 9.82. The fourth-order valence-electron chi connectivity index (χ4n) is 2.17. The van der Waals surface area contributed by atoms with Gasteiger partial charge < -0.3 is 19.2 Å². The van der Waals surface area contributed by atoms with Crippen LogP contribution >= 0.6 is 0 Å². The van der Waals surface area contributed by atoms with E-state index in [0.717, 1.165) is 6.29 Å². The number of benzene rings is 1. The number of esters is 1. The van der Waals surface area contributed by atoms with E-state index in [0.29, 0.717) is 24.0 Å². The molecule has 7 heteroatoms. The molecule has 1 heterocycles. The molecule has 24 heavy (non-hydrogen) atoms. The summed E-state index contributed by atoms with van der Waals surface area (Å²) in [5.74, 6) is -0.259. The van der Waals surface area contributed by atoms with Gasteiger partial charge in [0.1, 0.15) is 6.29 Å². The Balaban J connectivity index is 2.28. The van der Waals surface area contributed by atoms with Gasteiger partial charge >= 0.3 is 5.97 Å². The van der Waals surface area contributed by atoms with Crippen LogP contribution in [0.1, 0.15) is 35.5 Å². The third-order valence-electron chi connectivity index (χ3n) is 3.56. The van der Waals surface area contributed by atoms with E-state index < -0.39 is 11.6 Å². The van der Waals surface area contributed by atoms with Gasteiger partial charge in [-0.15, -0.1) is 0 Å². The molecule has 0 spiro atoms. The summed E-state index contributed by atoms with van der Waals surface area (Å²) in [5.41, 5.74) is -0.604. The van der Waals surface area contributed by atoms with E-state index in [1.807, 2.05) is 0 Å². The predicted molar refractivity (Wildman–Crippen MR) is 85.1 cm³/mol. The number of methoxy groups -OCH3 is 1. The molecule has 1 atom stereocenters. The fourth-order valence-corrected chi connectivity index (χ4v) is 2.17. The minimum absolute atomic E-state index is 0.0122. The molecule has 2 aromatic rings. The largest absolute Gasteiger partial charge is 0.465 e. The molecule has 0 aliphatic carbocycles. The van der Waals surface area contributed by atoms with Crippen LogP contribution < -0.4 is 0 Å². The number of aldehydes is 1. The Bertz CT molecular complexity index is 740. The Kier molecular flexibility index (Phi) is 5.59. The van der Waals surface area contributed by atoms with Gasteiger partial charge in [-0.3, -0.25) is 0 Å². The van der Waals surface area contributed by atoms with Crippen LogP contribution in [0.4, 0.5) is 0 Å². The Morgan fingerprint density at radius 2 is 2.29 bits per heavy atom. The number of carbonyl (C=O) groups excluding carboxylic acids is 2. The first-order valence-corrected chi connectivity index (χ1v) is 7.36. The number of nitrogens with zero attached hydrogens (tertiary/aromatic N) is 2. The number of hydrogen-bond donors (Lipinski definition) is 1. The molecule has 0 saturated heterocycles. The van der Waals surface area contributed by atoms with Crippen molar-refractivity contribution < 1.29 is 24.0 Å². The van der Waals surface area contributed by atoms with Crippen molar-refractivity contribution in [2.45, 2.75) is 24.9 Å². The van der Waals surface area contributed by atoms with Gasteiger partial charge in [-0.1, -0.05) is 29.9 Å². The van der Waals surface area contributed by atoms with E-state index in [1.54, 1.807) is 24.3 Å². The number of unbranched alkanes of at least 4 members (excludes halogenated alkanes) is 1. The van der Waals surface area contributed by atoms with Gasteiger partial charge in [0.2, 0.25) is 5.82 Å². The molecular formula is C17H18N2O5. The Morgan fingerprint density at radius 1 is 1.50 bits per heavy atom. The molecule has 0 bridgehead atoms. The average molecular weight is 330 g/mol. The zero-order valence-corrected chi connectivity index (χ0v) is 13.3. The Morgan fingerprint density at radius 3 is 2.96 bits per heavy atom.